The van der Waals surface area contributed by atoms with Gasteiger partial charge in [0.05, 0.1) is 5.92 Å². The number of carboxylic acid groups (broad SMARTS) is 1. The van der Waals surface area contributed by atoms with Gasteiger partial charge in [-0.1, -0.05) is 30.3 Å². The Morgan fingerprint density at radius 1 is 1.35 bits per heavy atom. The van der Waals surface area contributed by atoms with Gasteiger partial charge in [-0.2, -0.15) is 0 Å². The number of carboxylic acids is 1. The van der Waals surface area contributed by atoms with Crippen LogP contribution in [0.15, 0.2) is 35.7 Å². The van der Waals surface area contributed by atoms with Gasteiger partial charge in [0.1, 0.15) is 5.69 Å². The maximum absolute atomic E-state index is 11.8. The van der Waals surface area contributed by atoms with Crippen molar-refractivity contribution in [2.24, 2.45) is 0 Å². The number of nitrogens with two attached hydrogens (primary N) is 1. The molecule has 0 spiro atoms. The van der Waals surface area contributed by atoms with Gasteiger partial charge in [0, 0.05) is 11.9 Å². The lowest BCUT2D eigenvalue weighted by molar-refractivity contribution is -0.138. The Balaban J connectivity index is 2.03. The number of rotatable bonds is 5. The van der Waals surface area contributed by atoms with E-state index in [1.165, 1.54) is 5.38 Å². The Hall–Kier alpha value is -2.41. The van der Waals surface area contributed by atoms with Crippen LogP contribution in [0.1, 0.15) is 22.0 Å². The number of aromatic nitrogens is 1. The quantitative estimate of drug-likeness (QED) is 0.770. The molecule has 0 aliphatic heterocycles. The van der Waals surface area contributed by atoms with Crippen LogP contribution in [-0.2, 0) is 4.79 Å². The first kappa shape index (κ1) is 14.0. The zero-order valence-corrected chi connectivity index (χ0v) is 11.3. The molecule has 0 fully saturated rings. The first-order valence-electron chi connectivity index (χ1n) is 5.85. The molecule has 0 radical (unpaired) electrons. The number of nitrogens with zero attached hydrogens (tertiary/aromatic N) is 1. The maximum atomic E-state index is 11.8. The number of amides is 1. The molecule has 2 aromatic rings. The zero-order valence-electron chi connectivity index (χ0n) is 10.4. The summed E-state index contributed by atoms with van der Waals surface area (Å²) in [6.07, 6.45) is 0. The van der Waals surface area contributed by atoms with Gasteiger partial charge in [0.25, 0.3) is 5.91 Å². The number of anilines is 1. The molecule has 20 heavy (non-hydrogen) atoms. The minimum Gasteiger partial charge on any atom is -0.481 e. The predicted molar refractivity (Wildman–Crippen MR) is 75.7 cm³/mol. The molecule has 0 saturated carbocycles. The molecule has 2 rings (SSSR count). The number of carbonyl (C=O) groups is 2. The van der Waals surface area contributed by atoms with Crippen LogP contribution in [0.25, 0.3) is 0 Å². The van der Waals surface area contributed by atoms with E-state index in [9.17, 15) is 14.7 Å². The molecular formula is C13H13N3O3S. The van der Waals surface area contributed by atoms with Gasteiger partial charge in [-0.15, -0.1) is 11.3 Å². The number of nitrogen functional groups attached to an aromatic ring is 1. The summed E-state index contributed by atoms with van der Waals surface area (Å²) in [5.74, 6) is -2.22. The molecule has 7 heteroatoms. The fourth-order valence-corrected chi connectivity index (χ4v) is 2.25. The van der Waals surface area contributed by atoms with Crippen LogP contribution >= 0.6 is 11.3 Å². The molecule has 0 bridgehead atoms. The van der Waals surface area contributed by atoms with Crippen LogP contribution in [0.3, 0.4) is 0 Å². The summed E-state index contributed by atoms with van der Waals surface area (Å²) in [6.45, 7) is -0.00435. The number of thiazole rings is 1. The highest BCUT2D eigenvalue weighted by Gasteiger charge is 2.21. The van der Waals surface area contributed by atoms with Crippen LogP contribution in [-0.4, -0.2) is 28.5 Å². The van der Waals surface area contributed by atoms with Crippen LogP contribution < -0.4 is 11.1 Å². The maximum Gasteiger partial charge on any atom is 0.312 e. The standard InChI is InChI=1S/C13H13N3O3S/c14-13-16-10(7-20-13)11(17)15-6-9(12(18)19)8-4-2-1-3-5-8/h1-5,7,9H,6H2,(H2,14,16)(H,15,17)(H,18,19). The lowest BCUT2D eigenvalue weighted by Gasteiger charge is -2.13. The molecule has 0 aliphatic rings. The molecule has 1 amide bonds. The van der Waals surface area contributed by atoms with Crippen LogP contribution in [0.5, 0.6) is 0 Å². The number of aliphatic carboxylic acids is 1. The van der Waals surface area contributed by atoms with Crippen molar-refractivity contribution in [3.63, 3.8) is 0 Å². The summed E-state index contributed by atoms with van der Waals surface area (Å²) in [7, 11) is 0. The van der Waals surface area contributed by atoms with Gasteiger partial charge in [0.2, 0.25) is 0 Å². The van der Waals surface area contributed by atoms with Gasteiger partial charge in [-0.25, -0.2) is 4.98 Å². The van der Waals surface area contributed by atoms with Crippen LogP contribution in [0, 0.1) is 0 Å². The van der Waals surface area contributed by atoms with E-state index in [1.54, 1.807) is 30.3 Å². The number of hydrogen-bond acceptors (Lipinski definition) is 5. The highest BCUT2D eigenvalue weighted by atomic mass is 32.1. The molecule has 4 N–H and O–H groups in total. The Labute approximate surface area is 119 Å². The topological polar surface area (TPSA) is 105 Å². The van der Waals surface area contributed by atoms with Crippen molar-refractivity contribution >= 4 is 28.3 Å². The minimum atomic E-state index is -0.991. The third kappa shape index (κ3) is 3.33. The number of benzene rings is 1. The summed E-state index contributed by atoms with van der Waals surface area (Å²) in [4.78, 5) is 26.9. The predicted octanol–water partition coefficient (Wildman–Crippen LogP) is 1.32. The Bertz CT molecular complexity index is 612. The highest BCUT2D eigenvalue weighted by molar-refractivity contribution is 7.13. The third-order valence-electron chi connectivity index (χ3n) is 2.72. The van der Waals surface area contributed by atoms with E-state index < -0.39 is 17.8 Å². The van der Waals surface area contributed by atoms with Crippen LogP contribution in [0.4, 0.5) is 5.13 Å². The van der Waals surface area contributed by atoms with Gasteiger partial charge in [-0.05, 0) is 5.56 Å². The lowest BCUT2D eigenvalue weighted by atomic mass is 9.99. The van der Waals surface area contributed by atoms with Crippen molar-refractivity contribution in [2.45, 2.75) is 5.92 Å². The van der Waals surface area contributed by atoms with E-state index >= 15 is 0 Å². The minimum absolute atomic E-state index is 0.00435. The Morgan fingerprint density at radius 2 is 2.05 bits per heavy atom. The van der Waals surface area contributed by atoms with E-state index in [0.717, 1.165) is 11.3 Å². The van der Waals surface area contributed by atoms with E-state index in [4.69, 9.17) is 5.73 Å². The largest absolute Gasteiger partial charge is 0.481 e. The van der Waals surface area contributed by atoms with Crippen molar-refractivity contribution in [2.75, 3.05) is 12.3 Å². The van der Waals surface area contributed by atoms with Crippen molar-refractivity contribution in [1.82, 2.24) is 10.3 Å². The van der Waals surface area contributed by atoms with Crippen molar-refractivity contribution in [1.29, 1.82) is 0 Å². The van der Waals surface area contributed by atoms with E-state index in [2.05, 4.69) is 10.3 Å². The van der Waals surface area contributed by atoms with Gasteiger partial charge >= 0.3 is 5.97 Å². The second-order valence-corrected chi connectivity index (χ2v) is 4.97. The van der Waals surface area contributed by atoms with Crippen molar-refractivity contribution in [3.05, 3.63) is 47.0 Å². The first-order chi connectivity index (χ1) is 9.58. The Morgan fingerprint density at radius 3 is 2.60 bits per heavy atom. The van der Waals surface area contributed by atoms with Crippen molar-refractivity contribution < 1.29 is 14.7 Å². The smallest absolute Gasteiger partial charge is 0.312 e. The average Bonchev–Trinajstić information content (AvgIpc) is 2.86. The summed E-state index contributed by atoms with van der Waals surface area (Å²) in [5, 5.41) is 13.6. The monoisotopic (exact) mass is 291 g/mol. The number of nitrogens with one attached hydrogen (secondary N) is 1. The van der Waals surface area contributed by atoms with Gasteiger partial charge in [0.15, 0.2) is 5.13 Å². The second kappa shape index (κ2) is 6.16. The summed E-state index contributed by atoms with van der Waals surface area (Å²) < 4.78 is 0. The second-order valence-electron chi connectivity index (χ2n) is 4.08. The summed E-state index contributed by atoms with van der Waals surface area (Å²) in [5.41, 5.74) is 6.28. The molecule has 1 unspecified atom stereocenters. The SMILES string of the molecule is Nc1nc(C(=O)NCC(C(=O)O)c2ccccc2)cs1. The molecule has 1 aromatic heterocycles. The third-order valence-corrected chi connectivity index (χ3v) is 3.40. The number of hydrogen-bond donors (Lipinski definition) is 3. The molecule has 1 atom stereocenters. The molecule has 6 nitrogen and oxygen atoms in total. The number of carbonyl (C=O) groups excluding carboxylic acids is 1. The summed E-state index contributed by atoms with van der Waals surface area (Å²) >= 11 is 1.16. The van der Waals surface area contributed by atoms with Gasteiger partial charge in [-0.3, -0.25) is 9.59 Å². The van der Waals surface area contributed by atoms with Crippen molar-refractivity contribution in [3.8, 4) is 0 Å². The van der Waals surface area contributed by atoms with E-state index in [0.29, 0.717) is 10.7 Å². The molecule has 104 valence electrons. The first-order valence-corrected chi connectivity index (χ1v) is 6.73. The van der Waals surface area contributed by atoms with E-state index in [-0.39, 0.29) is 12.2 Å². The lowest BCUT2D eigenvalue weighted by Crippen LogP contribution is -2.31. The highest BCUT2D eigenvalue weighted by Crippen LogP contribution is 2.15. The fourth-order valence-electron chi connectivity index (χ4n) is 1.71. The average molecular weight is 291 g/mol. The molecular weight excluding hydrogens is 278 g/mol. The fraction of sp³-hybridized carbons (Fsp3) is 0.154. The molecule has 0 aliphatic carbocycles. The summed E-state index contributed by atoms with van der Waals surface area (Å²) in [6, 6.07) is 8.75. The zero-order chi connectivity index (χ0) is 14.5. The molecule has 1 heterocycles. The Kier molecular flexibility index (Phi) is 4.31. The molecule has 1 aromatic carbocycles. The molecule has 0 saturated heterocycles. The van der Waals surface area contributed by atoms with Crippen LogP contribution in [0.2, 0.25) is 0 Å². The normalized spacial score (nSPS) is 11.8. The van der Waals surface area contributed by atoms with Gasteiger partial charge < -0.3 is 16.2 Å². The van der Waals surface area contributed by atoms with E-state index in [1.807, 2.05) is 0 Å².